The highest BCUT2D eigenvalue weighted by Gasteiger charge is 2.40. The number of aromatic nitrogens is 2. The van der Waals surface area contributed by atoms with Gasteiger partial charge >= 0.3 is 5.97 Å². The molecule has 2 saturated heterocycles. The number of hydrogen-bond acceptors (Lipinski definition) is 10. The Bertz CT molecular complexity index is 2570. The number of pyridine rings is 1. The van der Waals surface area contributed by atoms with Gasteiger partial charge in [0.1, 0.15) is 23.9 Å². The van der Waals surface area contributed by atoms with E-state index in [1.165, 1.54) is 16.0 Å². The maximum absolute atomic E-state index is 14.8. The predicted molar refractivity (Wildman–Crippen MR) is 256 cm³/mol. The Kier molecular flexibility index (Phi) is 14.6. The van der Waals surface area contributed by atoms with Crippen LogP contribution in [0.1, 0.15) is 89.3 Å². The molecule has 15 heteroatoms. The molecule has 67 heavy (non-hydrogen) atoms. The second-order valence-corrected chi connectivity index (χ2v) is 19.6. The van der Waals surface area contributed by atoms with Crippen molar-refractivity contribution in [2.75, 3.05) is 40.4 Å². The highest BCUT2D eigenvalue weighted by molar-refractivity contribution is 5.97. The quantitative estimate of drug-likeness (QED) is 0.121. The minimum atomic E-state index is -1.17. The van der Waals surface area contributed by atoms with E-state index in [4.69, 9.17) is 14.5 Å². The summed E-state index contributed by atoms with van der Waals surface area (Å²) in [4.78, 5) is 77.4. The third kappa shape index (κ3) is 10.1. The Labute approximate surface area is 393 Å². The number of carbonyl (C=O) groups is 5. The molecule has 15 nitrogen and oxygen atoms in total. The van der Waals surface area contributed by atoms with Crippen molar-refractivity contribution >= 4 is 40.5 Å². The Hall–Kier alpha value is -6.06. The van der Waals surface area contributed by atoms with Gasteiger partial charge in [-0.25, -0.2) is 5.43 Å². The van der Waals surface area contributed by atoms with Gasteiger partial charge < -0.3 is 34.3 Å². The molecule has 358 valence electrons. The van der Waals surface area contributed by atoms with E-state index in [0.717, 1.165) is 50.1 Å². The van der Waals surface area contributed by atoms with Gasteiger partial charge in [-0.05, 0) is 123 Å². The molecular weight excluding hydrogens is 851 g/mol. The first-order valence-corrected chi connectivity index (χ1v) is 23.6. The second kappa shape index (κ2) is 20.0. The number of cyclic esters (lactones) is 1. The molecule has 4 amide bonds. The standard InChI is InChI=1S/C52H67N7O8/c1-11-44(61)57-20-17-34(28-57)49(63)56(9)46(30(3)4)48(62)54-42-24-33-22-35(25-36(60)23-33)38-26-39-40(27-52(7,8)29-67-51(65)41-16-14-19-59(55-41)50(42)64)47(58(12-2)43(39)21-31(38)5)37-15-13-18-53-45(37)32(6)66-10/h11,13,15,18,21-23,25-26,30,32,34,41-42,46,55,60H,1,12,14,16-17,19-20,24,27-29H2,2-10H3,(H,54,62)/t32-,34-,41-,42-,46-/m0/s1. The monoisotopic (exact) mass is 918 g/mol. The largest absolute Gasteiger partial charge is 0.508 e. The average Bonchev–Trinajstić information content (AvgIpc) is 3.91. The SMILES string of the molecule is C=CC(=O)N1CC[C@H](C(=O)N(C)[C@H](C(=O)N[C@H]2Cc3cc(O)cc(c3)-c3cc4c(c(-c5cccnc5[C@H](C)OC)n(CC)c4cc3C)CC(C)(C)COC(=O)[C@@H]3CCCN(N3)C2=O)C(C)C)C1. The number of likely N-dealkylation sites (tertiary alicyclic amines) is 1. The molecule has 5 heterocycles. The van der Waals surface area contributed by atoms with Crippen molar-refractivity contribution in [3.05, 3.63) is 83.7 Å². The number of phenols is 1. The number of fused-ring (bicyclic) bond motifs is 6. The molecule has 7 rings (SSSR count). The molecule has 2 fully saturated rings. The summed E-state index contributed by atoms with van der Waals surface area (Å²) in [6.45, 7) is 19.2. The maximum Gasteiger partial charge on any atom is 0.324 e. The summed E-state index contributed by atoms with van der Waals surface area (Å²) in [6.07, 6.45) is 4.64. The van der Waals surface area contributed by atoms with Crippen LogP contribution in [0.2, 0.25) is 0 Å². The molecule has 0 saturated carbocycles. The maximum atomic E-state index is 14.8. The van der Waals surface area contributed by atoms with E-state index in [1.54, 1.807) is 37.4 Å². The highest BCUT2D eigenvalue weighted by Crippen LogP contribution is 2.43. The lowest BCUT2D eigenvalue weighted by Gasteiger charge is -2.37. The number of likely N-dealkylation sites (N-methyl/N-ethyl adjacent to an activating group) is 1. The minimum absolute atomic E-state index is 0.00880. The summed E-state index contributed by atoms with van der Waals surface area (Å²) in [5, 5.41) is 16.8. The first-order valence-electron chi connectivity index (χ1n) is 23.6. The molecular formula is C52H67N7O8. The zero-order valence-electron chi connectivity index (χ0n) is 40.5. The fourth-order valence-corrected chi connectivity index (χ4v) is 10.2. The van der Waals surface area contributed by atoms with Crippen molar-refractivity contribution in [1.82, 2.24) is 35.1 Å². The Morgan fingerprint density at radius 3 is 2.57 bits per heavy atom. The van der Waals surface area contributed by atoms with Crippen molar-refractivity contribution in [1.29, 1.82) is 0 Å². The topological polar surface area (TPSA) is 176 Å². The second-order valence-electron chi connectivity index (χ2n) is 19.6. The highest BCUT2D eigenvalue weighted by atomic mass is 16.5. The van der Waals surface area contributed by atoms with Gasteiger partial charge in [0.05, 0.1) is 30.0 Å². The summed E-state index contributed by atoms with van der Waals surface area (Å²) in [7, 11) is 3.26. The zero-order chi connectivity index (χ0) is 48.5. The van der Waals surface area contributed by atoms with E-state index in [9.17, 15) is 29.1 Å². The van der Waals surface area contributed by atoms with Crippen LogP contribution in [0.15, 0.2) is 61.3 Å². The number of ether oxygens (including phenoxy) is 2. The lowest BCUT2D eigenvalue weighted by atomic mass is 9.83. The fraction of sp³-hybridized carbons (Fsp3) is 0.500. The number of esters is 1. The number of amides is 4. The van der Waals surface area contributed by atoms with Crippen molar-refractivity contribution in [3.63, 3.8) is 0 Å². The fourth-order valence-electron chi connectivity index (χ4n) is 10.2. The van der Waals surface area contributed by atoms with Gasteiger partial charge in [0.25, 0.3) is 5.91 Å². The molecule has 0 unspecified atom stereocenters. The first-order chi connectivity index (χ1) is 31.9. The molecule has 5 atom stereocenters. The summed E-state index contributed by atoms with van der Waals surface area (Å²) >= 11 is 0. The van der Waals surface area contributed by atoms with Crippen LogP contribution in [0.25, 0.3) is 33.3 Å². The van der Waals surface area contributed by atoms with Gasteiger partial charge in [0, 0.05) is 74.8 Å². The summed E-state index contributed by atoms with van der Waals surface area (Å²) in [6, 6.07) is 10.7. The van der Waals surface area contributed by atoms with Gasteiger partial charge in [0.15, 0.2) is 0 Å². The summed E-state index contributed by atoms with van der Waals surface area (Å²) < 4.78 is 14.3. The number of hydrogen-bond donors (Lipinski definition) is 3. The van der Waals surface area contributed by atoms with E-state index in [-0.39, 0.29) is 55.7 Å². The number of rotatable bonds is 10. The molecule has 3 N–H and O–H groups in total. The molecule has 0 spiro atoms. The predicted octanol–water partition coefficient (Wildman–Crippen LogP) is 6.28. The van der Waals surface area contributed by atoms with Crippen LogP contribution < -0.4 is 10.7 Å². The number of aryl methyl sites for hydroxylation is 2. The number of nitrogens with one attached hydrogen (secondary N) is 2. The minimum Gasteiger partial charge on any atom is -0.508 e. The molecule has 2 aromatic carbocycles. The third-order valence-electron chi connectivity index (χ3n) is 13.7. The van der Waals surface area contributed by atoms with Crippen LogP contribution in [-0.4, -0.2) is 118 Å². The average molecular weight is 918 g/mol. The number of benzene rings is 2. The van der Waals surface area contributed by atoms with Crippen LogP contribution in [0, 0.1) is 24.2 Å². The zero-order valence-corrected chi connectivity index (χ0v) is 40.5. The number of methoxy groups -OCH3 is 1. The molecule has 2 aromatic heterocycles. The molecule has 4 aromatic rings. The van der Waals surface area contributed by atoms with E-state index in [1.807, 2.05) is 39.8 Å². The number of aromatic hydroxyl groups is 1. The van der Waals surface area contributed by atoms with Gasteiger partial charge in [0.2, 0.25) is 17.7 Å². The van der Waals surface area contributed by atoms with Gasteiger partial charge in [-0.3, -0.25) is 34.0 Å². The van der Waals surface area contributed by atoms with E-state index in [2.05, 4.69) is 60.9 Å². The Balaban J connectivity index is 1.33. The van der Waals surface area contributed by atoms with E-state index < -0.39 is 47.2 Å². The third-order valence-corrected chi connectivity index (χ3v) is 13.7. The van der Waals surface area contributed by atoms with Crippen LogP contribution in [-0.2, 0) is 52.8 Å². The van der Waals surface area contributed by atoms with Crippen LogP contribution >= 0.6 is 0 Å². The van der Waals surface area contributed by atoms with Crippen molar-refractivity contribution in [3.8, 4) is 28.1 Å². The number of carbonyl (C=O) groups excluding carboxylic acids is 5. The van der Waals surface area contributed by atoms with E-state index in [0.29, 0.717) is 44.3 Å². The number of hydrazine groups is 1. The first kappa shape index (κ1) is 48.9. The lowest BCUT2D eigenvalue weighted by molar-refractivity contribution is -0.155. The normalized spacial score (nSPS) is 20.8. The molecule has 0 aliphatic carbocycles. The molecule has 3 aliphatic heterocycles. The Morgan fingerprint density at radius 1 is 1.10 bits per heavy atom. The summed E-state index contributed by atoms with van der Waals surface area (Å²) in [5.41, 5.74) is 10.6. The molecule has 0 radical (unpaired) electrons. The molecule has 3 aliphatic rings. The Morgan fingerprint density at radius 2 is 1.87 bits per heavy atom. The van der Waals surface area contributed by atoms with E-state index >= 15 is 0 Å². The van der Waals surface area contributed by atoms with Crippen molar-refractivity contribution < 1.29 is 38.6 Å². The van der Waals surface area contributed by atoms with Gasteiger partial charge in [-0.1, -0.05) is 40.3 Å². The summed E-state index contributed by atoms with van der Waals surface area (Å²) in [5.74, 6) is -2.86. The smallest absolute Gasteiger partial charge is 0.324 e. The van der Waals surface area contributed by atoms with Gasteiger partial charge in [-0.2, -0.15) is 0 Å². The number of nitrogens with zero attached hydrogens (tertiary/aromatic N) is 5. The van der Waals surface area contributed by atoms with Crippen LogP contribution in [0.3, 0.4) is 0 Å². The van der Waals surface area contributed by atoms with Crippen LogP contribution in [0.4, 0.5) is 0 Å². The van der Waals surface area contributed by atoms with Crippen molar-refractivity contribution in [2.45, 2.75) is 111 Å². The lowest BCUT2D eigenvalue weighted by Crippen LogP contribution is -2.62. The van der Waals surface area contributed by atoms with Crippen LogP contribution in [0.5, 0.6) is 5.75 Å². The molecule has 6 bridgehead atoms. The van der Waals surface area contributed by atoms with Crippen molar-refractivity contribution in [2.24, 2.45) is 17.3 Å². The van der Waals surface area contributed by atoms with Gasteiger partial charge in [-0.15, -0.1) is 0 Å². The number of phenolic OH excluding ortho intramolecular Hbond substituents is 1.